The molecule has 0 aliphatic carbocycles. The molecule has 0 aliphatic heterocycles. The molecule has 2 aromatic rings. The first kappa shape index (κ1) is 10.8. The summed E-state index contributed by atoms with van der Waals surface area (Å²) in [6, 6.07) is 4.00. The fraction of sp³-hybridized carbons (Fsp3) is 0. The first-order valence-corrected chi connectivity index (χ1v) is 5.28. The molecule has 2 N–H and O–H groups in total. The number of hydrogen-bond donors (Lipinski definition) is 1. The molecule has 0 aliphatic rings. The van der Waals surface area contributed by atoms with E-state index in [9.17, 15) is 13.6 Å². The third-order valence-electron chi connectivity index (χ3n) is 2.13. The zero-order chi connectivity index (χ0) is 11.7. The van der Waals surface area contributed by atoms with Gasteiger partial charge in [0.2, 0.25) is 0 Å². The Bertz CT molecular complexity index is 528. The summed E-state index contributed by atoms with van der Waals surface area (Å²) in [4.78, 5) is 11.0. The van der Waals surface area contributed by atoms with Gasteiger partial charge in [-0.2, -0.15) is 0 Å². The zero-order valence-electron chi connectivity index (χ0n) is 8.04. The molecule has 2 rings (SSSR count). The molecule has 0 radical (unpaired) electrons. The highest BCUT2D eigenvalue weighted by molar-refractivity contribution is 7.12. The Morgan fingerprint density at radius 3 is 2.50 bits per heavy atom. The number of nitrogen functional groups attached to an aromatic ring is 1. The number of aldehydes is 1. The van der Waals surface area contributed by atoms with Gasteiger partial charge in [-0.25, -0.2) is 8.78 Å². The molecule has 0 unspecified atom stereocenters. The second kappa shape index (κ2) is 4.02. The average molecular weight is 239 g/mol. The van der Waals surface area contributed by atoms with E-state index in [2.05, 4.69) is 0 Å². The fourth-order valence-corrected chi connectivity index (χ4v) is 2.06. The number of thiophene rings is 1. The number of rotatable bonds is 2. The Kier molecular flexibility index (Phi) is 2.70. The predicted octanol–water partition coefficient (Wildman–Crippen LogP) is 3.09. The molecule has 0 spiro atoms. The van der Waals surface area contributed by atoms with Crippen LogP contribution in [0, 0.1) is 11.6 Å². The van der Waals surface area contributed by atoms with Gasteiger partial charge in [-0.3, -0.25) is 4.79 Å². The Balaban J connectivity index is 2.52. The van der Waals surface area contributed by atoms with Gasteiger partial charge in [-0.1, -0.05) is 0 Å². The van der Waals surface area contributed by atoms with Crippen LogP contribution in [0.15, 0.2) is 23.6 Å². The number of hydrogen-bond acceptors (Lipinski definition) is 3. The molecular weight excluding hydrogens is 232 g/mol. The van der Waals surface area contributed by atoms with Crippen molar-refractivity contribution < 1.29 is 13.6 Å². The van der Waals surface area contributed by atoms with E-state index in [1.807, 2.05) is 0 Å². The van der Waals surface area contributed by atoms with E-state index >= 15 is 0 Å². The molecule has 0 saturated carbocycles. The molecule has 2 nitrogen and oxygen atoms in total. The lowest BCUT2D eigenvalue weighted by atomic mass is 10.1. The number of carbonyl (C=O) groups is 1. The van der Waals surface area contributed by atoms with Crippen LogP contribution in [0.3, 0.4) is 0 Å². The van der Waals surface area contributed by atoms with Crippen LogP contribution < -0.4 is 5.73 Å². The second-order valence-electron chi connectivity index (χ2n) is 3.22. The third-order valence-corrected chi connectivity index (χ3v) is 2.98. The molecule has 1 aromatic heterocycles. The second-order valence-corrected chi connectivity index (χ2v) is 4.16. The molecule has 0 atom stereocenters. The number of anilines is 1. The summed E-state index contributed by atoms with van der Waals surface area (Å²) < 4.78 is 26.0. The first-order chi connectivity index (χ1) is 7.61. The maximum Gasteiger partial charge on any atom is 0.181 e. The molecule has 82 valence electrons. The Morgan fingerprint density at radius 1 is 1.19 bits per heavy atom. The minimum Gasteiger partial charge on any atom is -0.396 e. The fourth-order valence-electron chi connectivity index (χ4n) is 1.34. The normalized spacial score (nSPS) is 10.4. The van der Waals surface area contributed by atoms with Crippen LogP contribution in [0.1, 0.15) is 9.67 Å². The van der Waals surface area contributed by atoms with Gasteiger partial charge in [0, 0.05) is 0 Å². The first-order valence-electron chi connectivity index (χ1n) is 4.40. The van der Waals surface area contributed by atoms with Gasteiger partial charge < -0.3 is 5.73 Å². The quantitative estimate of drug-likeness (QED) is 0.646. The molecule has 0 amide bonds. The van der Waals surface area contributed by atoms with Crippen LogP contribution >= 0.6 is 11.3 Å². The average Bonchev–Trinajstić information content (AvgIpc) is 2.73. The summed E-state index contributed by atoms with van der Waals surface area (Å²) in [5.74, 6) is -2.04. The Hall–Kier alpha value is -1.75. The van der Waals surface area contributed by atoms with Crippen molar-refractivity contribution in [1.82, 2.24) is 0 Å². The number of halogens is 2. The maximum absolute atomic E-state index is 13.1. The maximum atomic E-state index is 13.1. The third kappa shape index (κ3) is 1.81. The highest BCUT2D eigenvalue weighted by atomic mass is 32.1. The van der Waals surface area contributed by atoms with E-state index in [0.717, 1.165) is 6.07 Å². The van der Waals surface area contributed by atoms with Crippen LogP contribution in [0.2, 0.25) is 0 Å². The molecular formula is C11H7F2NOS. The van der Waals surface area contributed by atoms with E-state index in [-0.39, 0.29) is 5.69 Å². The molecule has 0 saturated heterocycles. The molecule has 16 heavy (non-hydrogen) atoms. The zero-order valence-corrected chi connectivity index (χ0v) is 8.85. The van der Waals surface area contributed by atoms with Crippen LogP contribution in [0.5, 0.6) is 0 Å². The minimum atomic E-state index is -1.05. The summed E-state index contributed by atoms with van der Waals surface area (Å²) >= 11 is 1.24. The van der Waals surface area contributed by atoms with E-state index in [1.165, 1.54) is 17.4 Å². The summed E-state index contributed by atoms with van der Waals surface area (Å²) in [7, 11) is 0. The van der Waals surface area contributed by atoms with Crippen LogP contribution in [-0.2, 0) is 0 Å². The largest absolute Gasteiger partial charge is 0.396 e. The van der Waals surface area contributed by atoms with E-state index in [1.54, 1.807) is 11.4 Å². The van der Waals surface area contributed by atoms with Crippen molar-refractivity contribution in [3.8, 4) is 11.1 Å². The molecule has 1 aromatic carbocycles. The molecule has 5 heteroatoms. The van der Waals surface area contributed by atoms with Crippen molar-refractivity contribution in [2.45, 2.75) is 0 Å². The lowest BCUT2D eigenvalue weighted by Crippen LogP contribution is -1.94. The van der Waals surface area contributed by atoms with E-state index in [0.29, 0.717) is 22.3 Å². The number of carbonyl (C=O) groups excluding carboxylic acids is 1. The highest BCUT2D eigenvalue weighted by Crippen LogP contribution is 2.28. The predicted molar refractivity (Wildman–Crippen MR) is 59.5 cm³/mol. The topological polar surface area (TPSA) is 43.1 Å². The Labute approximate surface area is 94.3 Å². The summed E-state index contributed by atoms with van der Waals surface area (Å²) in [5, 5.41) is 1.69. The monoisotopic (exact) mass is 239 g/mol. The Morgan fingerprint density at radius 2 is 1.94 bits per heavy atom. The van der Waals surface area contributed by atoms with Crippen LogP contribution in [0.25, 0.3) is 11.1 Å². The smallest absolute Gasteiger partial charge is 0.181 e. The highest BCUT2D eigenvalue weighted by Gasteiger charge is 2.10. The SMILES string of the molecule is Nc1cc(-c2csc(C=O)c2)cc(F)c1F. The van der Waals surface area contributed by atoms with E-state index in [4.69, 9.17) is 5.73 Å². The summed E-state index contributed by atoms with van der Waals surface area (Å²) in [5.41, 5.74) is 6.18. The van der Waals surface area contributed by atoms with Gasteiger partial charge in [0.25, 0.3) is 0 Å². The van der Waals surface area contributed by atoms with Gasteiger partial charge in [0.1, 0.15) is 0 Å². The van der Waals surface area contributed by atoms with Gasteiger partial charge in [-0.15, -0.1) is 11.3 Å². The van der Waals surface area contributed by atoms with Crippen LogP contribution in [-0.4, -0.2) is 6.29 Å². The van der Waals surface area contributed by atoms with Crippen molar-refractivity contribution in [3.63, 3.8) is 0 Å². The molecule has 0 fully saturated rings. The van der Waals surface area contributed by atoms with Crippen molar-refractivity contribution in [1.29, 1.82) is 0 Å². The van der Waals surface area contributed by atoms with Gasteiger partial charge in [-0.05, 0) is 34.7 Å². The number of nitrogens with two attached hydrogens (primary N) is 1. The summed E-state index contributed by atoms with van der Waals surface area (Å²) in [6.45, 7) is 0. The van der Waals surface area contributed by atoms with Crippen molar-refractivity contribution in [2.75, 3.05) is 5.73 Å². The lowest BCUT2D eigenvalue weighted by Gasteiger charge is -2.02. The lowest BCUT2D eigenvalue weighted by molar-refractivity contribution is 0.112. The standard InChI is InChI=1S/C11H7F2NOS/c12-9-2-6(3-10(14)11(9)13)7-1-8(4-15)16-5-7/h1-5H,14H2. The summed E-state index contributed by atoms with van der Waals surface area (Å²) in [6.07, 6.45) is 0.706. The van der Waals surface area contributed by atoms with Gasteiger partial charge in [0.15, 0.2) is 17.9 Å². The van der Waals surface area contributed by atoms with Crippen molar-refractivity contribution in [3.05, 3.63) is 40.1 Å². The molecule has 1 heterocycles. The number of benzene rings is 1. The molecule has 0 bridgehead atoms. The van der Waals surface area contributed by atoms with Crippen molar-refractivity contribution >= 4 is 23.3 Å². The minimum absolute atomic E-state index is 0.242. The van der Waals surface area contributed by atoms with Crippen molar-refractivity contribution in [2.24, 2.45) is 0 Å². The van der Waals surface area contributed by atoms with E-state index < -0.39 is 11.6 Å². The van der Waals surface area contributed by atoms with Gasteiger partial charge >= 0.3 is 0 Å². The van der Waals surface area contributed by atoms with Crippen LogP contribution in [0.4, 0.5) is 14.5 Å². The van der Waals surface area contributed by atoms with Gasteiger partial charge in [0.05, 0.1) is 10.6 Å².